The molecule has 1 aromatic rings. The van der Waals surface area contributed by atoms with Gasteiger partial charge in [-0.15, -0.1) is 0 Å². The number of carbonyl (C=O) groups is 1. The number of anilines is 1. The fraction of sp³-hybridized carbons (Fsp3) is 0.300. The van der Waals surface area contributed by atoms with Crippen LogP contribution in [0.4, 0.5) is 23.7 Å². The topological polar surface area (TPSA) is 67.2 Å². The van der Waals surface area contributed by atoms with E-state index in [9.17, 15) is 18.0 Å². The third-order valence-corrected chi connectivity index (χ3v) is 2.52. The van der Waals surface area contributed by atoms with Crippen LogP contribution < -0.4 is 16.4 Å². The van der Waals surface area contributed by atoms with Gasteiger partial charge in [0.1, 0.15) is 0 Å². The largest absolute Gasteiger partial charge is 0.418 e. The number of hydrogen-bond acceptors (Lipinski definition) is 2. The number of carbonyl (C=O) groups excluding carboxylic acids is 1. The number of nitrogens with one attached hydrogen (secondary N) is 2. The van der Waals surface area contributed by atoms with Crippen molar-refractivity contribution in [3.05, 3.63) is 28.2 Å². The van der Waals surface area contributed by atoms with E-state index >= 15 is 0 Å². The highest BCUT2D eigenvalue weighted by Crippen LogP contribution is 2.36. The summed E-state index contributed by atoms with van der Waals surface area (Å²) in [5.41, 5.74) is 4.01. The molecule has 0 aliphatic carbocycles. The quantitative estimate of drug-likeness (QED) is 0.745. The fourth-order valence-corrected chi connectivity index (χ4v) is 1.65. The van der Waals surface area contributed by atoms with E-state index in [0.29, 0.717) is 4.47 Å². The molecule has 4 N–H and O–H groups in total. The zero-order valence-corrected chi connectivity index (χ0v) is 10.7. The number of halogens is 4. The highest BCUT2D eigenvalue weighted by atomic mass is 79.9. The Morgan fingerprint density at radius 2 is 2.00 bits per heavy atom. The molecular weight excluding hydrogens is 315 g/mol. The average molecular weight is 326 g/mol. The van der Waals surface area contributed by atoms with E-state index in [2.05, 4.69) is 26.6 Å². The summed E-state index contributed by atoms with van der Waals surface area (Å²) in [4.78, 5) is 10.4. The first-order chi connectivity index (χ1) is 8.30. The van der Waals surface area contributed by atoms with Gasteiger partial charge in [-0.05, 0) is 18.2 Å². The van der Waals surface area contributed by atoms with Gasteiger partial charge in [-0.2, -0.15) is 13.2 Å². The maximum atomic E-state index is 12.7. The number of rotatable bonds is 4. The van der Waals surface area contributed by atoms with Crippen LogP contribution in [0.1, 0.15) is 5.56 Å². The lowest BCUT2D eigenvalue weighted by atomic mass is 10.1. The summed E-state index contributed by atoms with van der Waals surface area (Å²) in [7, 11) is 0. The van der Waals surface area contributed by atoms with E-state index < -0.39 is 17.8 Å². The molecule has 0 spiro atoms. The number of amides is 2. The lowest BCUT2D eigenvalue weighted by molar-refractivity contribution is -0.137. The molecule has 0 bridgehead atoms. The van der Waals surface area contributed by atoms with Crippen molar-refractivity contribution in [3.8, 4) is 0 Å². The number of benzene rings is 1. The first-order valence-electron chi connectivity index (χ1n) is 4.94. The molecule has 0 fully saturated rings. The zero-order chi connectivity index (χ0) is 13.8. The minimum atomic E-state index is -4.44. The first kappa shape index (κ1) is 14.6. The number of nitrogens with two attached hydrogens (primary N) is 1. The number of urea groups is 1. The maximum absolute atomic E-state index is 12.7. The number of hydrogen-bond donors (Lipinski definition) is 3. The summed E-state index contributed by atoms with van der Waals surface area (Å²) in [6, 6.07) is 3.09. The Hall–Kier alpha value is -1.44. The number of primary amides is 1. The SMILES string of the molecule is NC(=O)NCCNc1ccc(Br)cc1C(F)(F)F. The van der Waals surface area contributed by atoms with Crippen LogP contribution in [0.25, 0.3) is 0 Å². The van der Waals surface area contributed by atoms with E-state index in [1.54, 1.807) is 0 Å². The zero-order valence-electron chi connectivity index (χ0n) is 9.14. The van der Waals surface area contributed by atoms with Crippen molar-refractivity contribution >= 4 is 27.6 Å². The monoisotopic (exact) mass is 325 g/mol. The Morgan fingerprint density at radius 3 is 2.56 bits per heavy atom. The Labute approximate surface area is 110 Å². The van der Waals surface area contributed by atoms with E-state index in [1.807, 2.05) is 0 Å². The molecule has 18 heavy (non-hydrogen) atoms. The minimum absolute atomic E-state index is 0.0445. The van der Waals surface area contributed by atoms with Gasteiger partial charge >= 0.3 is 12.2 Å². The maximum Gasteiger partial charge on any atom is 0.418 e. The van der Waals surface area contributed by atoms with Gasteiger partial charge in [-0.25, -0.2) is 4.79 Å². The first-order valence-corrected chi connectivity index (χ1v) is 5.74. The predicted molar refractivity (Wildman–Crippen MR) is 65.2 cm³/mol. The molecule has 0 atom stereocenters. The van der Waals surface area contributed by atoms with Gasteiger partial charge in [-0.3, -0.25) is 0 Å². The smallest absolute Gasteiger partial charge is 0.383 e. The van der Waals surface area contributed by atoms with Crippen LogP contribution in [0.3, 0.4) is 0 Å². The van der Waals surface area contributed by atoms with E-state index in [-0.39, 0.29) is 18.8 Å². The van der Waals surface area contributed by atoms with E-state index in [4.69, 9.17) is 5.73 Å². The summed E-state index contributed by atoms with van der Waals surface area (Å²) in [5.74, 6) is 0. The second-order valence-electron chi connectivity index (χ2n) is 3.41. The van der Waals surface area contributed by atoms with Crippen molar-refractivity contribution in [3.63, 3.8) is 0 Å². The normalized spacial score (nSPS) is 11.1. The minimum Gasteiger partial charge on any atom is -0.383 e. The average Bonchev–Trinajstić information content (AvgIpc) is 2.24. The van der Waals surface area contributed by atoms with Gasteiger partial charge in [0.25, 0.3) is 0 Å². The Bertz CT molecular complexity index is 437. The molecule has 0 saturated heterocycles. The van der Waals surface area contributed by atoms with E-state index in [1.165, 1.54) is 12.1 Å². The fourth-order valence-electron chi connectivity index (χ4n) is 1.29. The highest BCUT2D eigenvalue weighted by molar-refractivity contribution is 9.10. The summed E-state index contributed by atoms with van der Waals surface area (Å²) >= 11 is 2.99. The Morgan fingerprint density at radius 1 is 1.33 bits per heavy atom. The predicted octanol–water partition coefficient (Wildman–Crippen LogP) is 2.55. The van der Waals surface area contributed by atoms with Crippen molar-refractivity contribution in [2.45, 2.75) is 6.18 Å². The molecule has 0 aliphatic rings. The van der Waals surface area contributed by atoms with Crippen molar-refractivity contribution in [1.29, 1.82) is 0 Å². The third kappa shape index (κ3) is 4.44. The molecule has 0 unspecified atom stereocenters. The van der Waals surface area contributed by atoms with Gasteiger partial charge < -0.3 is 16.4 Å². The molecule has 1 rings (SSSR count). The van der Waals surface area contributed by atoms with Gasteiger partial charge in [0, 0.05) is 23.2 Å². The molecule has 0 radical (unpaired) electrons. The third-order valence-electron chi connectivity index (χ3n) is 2.03. The van der Waals surface area contributed by atoms with Gasteiger partial charge in [0.15, 0.2) is 0 Å². The summed E-state index contributed by atoms with van der Waals surface area (Å²) in [6.45, 7) is 0.288. The lowest BCUT2D eigenvalue weighted by Crippen LogP contribution is -2.33. The van der Waals surface area contributed by atoms with Crippen LogP contribution in [0.2, 0.25) is 0 Å². The number of alkyl halides is 3. The van der Waals surface area contributed by atoms with Crippen molar-refractivity contribution < 1.29 is 18.0 Å². The highest BCUT2D eigenvalue weighted by Gasteiger charge is 2.33. The molecule has 1 aromatic carbocycles. The van der Waals surface area contributed by atoms with E-state index in [0.717, 1.165) is 6.07 Å². The molecule has 0 aliphatic heterocycles. The summed E-state index contributed by atoms with van der Waals surface area (Å²) in [6.07, 6.45) is -4.44. The van der Waals surface area contributed by atoms with Crippen molar-refractivity contribution in [1.82, 2.24) is 5.32 Å². The van der Waals surface area contributed by atoms with Crippen LogP contribution in [0.5, 0.6) is 0 Å². The van der Waals surface area contributed by atoms with Crippen LogP contribution in [-0.2, 0) is 6.18 Å². The molecule has 8 heteroatoms. The van der Waals surface area contributed by atoms with Crippen molar-refractivity contribution in [2.24, 2.45) is 5.73 Å². The molecular formula is C10H11BrF3N3O. The Balaban J connectivity index is 2.73. The van der Waals surface area contributed by atoms with Crippen LogP contribution in [0.15, 0.2) is 22.7 Å². The summed E-state index contributed by atoms with van der Waals surface area (Å²) < 4.78 is 38.5. The Kier molecular flexibility index (Phi) is 4.83. The lowest BCUT2D eigenvalue weighted by Gasteiger charge is -2.15. The molecule has 100 valence electrons. The van der Waals surface area contributed by atoms with Crippen LogP contribution in [-0.4, -0.2) is 19.1 Å². The van der Waals surface area contributed by atoms with Gasteiger partial charge in [-0.1, -0.05) is 15.9 Å². The summed E-state index contributed by atoms with van der Waals surface area (Å²) in [5, 5.41) is 4.86. The van der Waals surface area contributed by atoms with Crippen LogP contribution in [0, 0.1) is 0 Å². The second-order valence-corrected chi connectivity index (χ2v) is 4.32. The second kappa shape index (κ2) is 5.94. The standard InChI is InChI=1S/C10H11BrF3N3O/c11-6-1-2-8(7(5-6)10(12,13)14)16-3-4-17-9(15)18/h1-2,5,16H,3-4H2,(H3,15,17,18). The van der Waals surface area contributed by atoms with Crippen LogP contribution >= 0.6 is 15.9 Å². The van der Waals surface area contributed by atoms with Gasteiger partial charge in [0.05, 0.1) is 5.56 Å². The van der Waals surface area contributed by atoms with Gasteiger partial charge in [0.2, 0.25) is 0 Å². The van der Waals surface area contributed by atoms with Crippen molar-refractivity contribution in [2.75, 3.05) is 18.4 Å². The molecule has 4 nitrogen and oxygen atoms in total. The molecule has 0 aromatic heterocycles. The molecule has 0 saturated carbocycles. The molecule has 0 heterocycles. The molecule has 2 amide bonds.